The van der Waals surface area contributed by atoms with Crippen LogP contribution in [0.5, 0.6) is 0 Å². The summed E-state index contributed by atoms with van der Waals surface area (Å²) in [5.41, 5.74) is 1.29. The Bertz CT molecular complexity index is 719. The number of hydrogen-bond acceptors (Lipinski definition) is 6. The molecule has 3 N–H and O–H groups in total. The number of hydrogen-bond donors (Lipinski definition) is 3. The molecule has 2 heterocycles. The van der Waals surface area contributed by atoms with Gasteiger partial charge in [-0.1, -0.05) is 0 Å². The summed E-state index contributed by atoms with van der Waals surface area (Å²) in [7, 11) is 0. The van der Waals surface area contributed by atoms with Gasteiger partial charge in [0.25, 0.3) is 5.69 Å². The molecule has 3 rings (SSSR count). The van der Waals surface area contributed by atoms with Crippen LogP contribution in [0.15, 0.2) is 24.5 Å². The molecule has 0 aliphatic heterocycles. The highest BCUT2D eigenvalue weighted by atomic mass is 16.6. The smallest absolute Gasteiger partial charge is 0.271 e. The third-order valence-electron chi connectivity index (χ3n) is 2.56. The fourth-order valence-electron chi connectivity index (χ4n) is 1.68. The number of nitrogens with one attached hydrogen (secondary N) is 3. The summed E-state index contributed by atoms with van der Waals surface area (Å²) >= 11 is 0. The van der Waals surface area contributed by atoms with Crippen LogP contribution in [0.1, 0.15) is 5.82 Å². The molecule has 2 aromatic heterocycles. The van der Waals surface area contributed by atoms with Crippen molar-refractivity contribution >= 4 is 22.7 Å². The van der Waals surface area contributed by atoms with Crippen LogP contribution in [-0.2, 0) is 6.54 Å². The number of H-pyrrole nitrogens is 2. The maximum absolute atomic E-state index is 10.7. The minimum atomic E-state index is -0.443. The van der Waals surface area contributed by atoms with Crippen molar-refractivity contribution in [3.63, 3.8) is 0 Å². The monoisotopic (exact) mass is 259 g/mol. The Labute approximate surface area is 106 Å². The number of nitro benzene ring substituents is 1. The second kappa shape index (κ2) is 4.37. The van der Waals surface area contributed by atoms with Crippen LogP contribution < -0.4 is 5.32 Å². The first-order valence-corrected chi connectivity index (χ1v) is 5.44. The fourth-order valence-corrected chi connectivity index (χ4v) is 1.68. The van der Waals surface area contributed by atoms with Crippen molar-refractivity contribution in [2.75, 3.05) is 5.32 Å². The molecule has 0 amide bonds. The molecule has 0 aliphatic carbocycles. The fraction of sp³-hybridized carbons (Fsp3) is 0.100. The SMILES string of the molecule is O=[N+]([O-])c1ccc2nc(NCc3ncn[nH]3)[nH]c2c1. The lowest BCUT2D eigenvalue weighted by molar-refractivity contribution is -0.384. The molecule has 0 saturated carbocycles. The van der Waals surface area contributed by atoms with E-state index in [1.165, 1.54) is 18.5 Å². The average molecular weight is 259 g/mol. The summed E-state index contributed by atoms with van der Waals surface area (Å²) in [6.07, 6.45) is 1.42. The number of non-ortho nitro benzene ring substituents is 1. The predicted octanol–water partition coefficient (Wildman–Crippen LogP) is 1.20. The zero-order valence-corrected chi connectivity index (χ0v) is 9.62. The van der Waals surface area contributed by atoms with Crippen LogP contribution in [0.4, 0.5) is 11.6 Å². The van der Waals surface area contributed by atoms with E-state index in [9.17, 15) is 10.1 Å². The predicted molar refractivity (Wildman–Crippen MR) is 66.5 cm³/mol. The van der Waals surface area contributed by atoms with Crippen molar-refractivity contribution in [1.82, 2.24) is 25.1 Å². The number of aromatic nitrogens is 5. The third kappa shape index (κ3) is 2.20. The van der Waals surface area contributed by atoms with E-state index in [0.29, 0.717) is 29.4 Å². The number of nitro groups is 1. The van der Waals surface area contributed by atoms with E-state index < -0.39 is 4.92 Å². The highest BCUT2D eigenvalue weighted by molar-refractivity contribution is 5.79. The van der Waals surface area contributed by atoms with Gasteiger partial charge in [-0.25, -0.2) is 9.97 Å². The Morgan fingerprint density at radius 1 is 1.42 bits per heavy atom. The highest BCUT2D eigenvalue weighted by Crippen LogP contribution is 2.20. The summed E-state index contributed by atoms with van der Waals surface area (Å²) in [6.45, 7) is 0.432. The summed E-state index contributed by atoms with van der Waals surface area (Å²) < 4.78 is 0. The van der Waals surface area contributed by atoms with Crippen molar-refractivity contribution in [1.29, 1.82) is 0 Å². The molecule has 0 fully saturated rings. The molecule has 0 unspecified atom stereocenters. The second-order valence-corrected chi connectivity index (χ2v) is 3.83. The lowest BCUT2D eigenvalue weighted by Crippen LogP contribution is -2.02. The van der Waals surface area contributed by atoms with E-state index in [4.69, 9.17) is 0 Å². The van der Waals surface area contributed by atoms with Crippen molar-refractivity contribution in [2.24, 2.45) is 0 Å². The zero-order valence-electron chi connectivity index (χ0n) is 9.62. The molecule has 0 radical (unpaired) electrons. The van der Waals surface area contributed by atoms with E-state index in [0.717, 1.165) is 0 Å². The molecule has 96 valence electrons. The van der Waals surface area contributed by atoms with Crippen molar-refractivity contribution in [3.8, 4) is 0 Å². The van der Waals surface area contributed by atoms with Gasteiger partial charge in [0, 0.05) is 12.1 Å². The van der Waals surface area contributed by atoms with Crippen LogP contribution in [0, 0.1) is 10.1 Å². The number of rotatable bonds is 4. The van der Waals surface area contributed by atoms with E-state index in [2.05, 4.69) is 30.5 Å². The quantitative estimate of drug-likeness (QED) is 0.477. The van der Waals surface area contributed by atoms with E-state index in [-0.39, 0.29) is 5.69 Å². The van der Waals surface area contributed by atoms with Gasteiger partial charge in [0.1, 0.15) is 12.2 Å². The minimum absolute atomic E-state index is 0.0259. The van der Waals surface area contributed by atoms with E-state index in [1.54, 1.807) is 6.07 Å². The Morgan fingerprint density at radius 2 is 2.32 bits per heavy atom. The molecule has 9 heteroatoms. The first kappa shape index (κ1) is 11.1. The number of anilines is 1. The van der Waals surface area contributed by atoms with Gasteiger partial charge in [-0.3, -0.25) is 15.2 Å². The Morgan fingerprint density at radius 3 is 3.05 bits per heavy atom. The first-order chi connectivity index (χ1) is 9.22. The number of imidazole rings is 1. The van der Waals surface area contributed by atoms with Gasteiger partial charge in [0.15, 0.2) is 0 Å². The van der Waals surface area contributed by atoms with Crippen LogP contribution in [-0.4, -0.2) is 30.1 Å². The molecule has 19 heavy (non-hydrogen) atoms. The largest absolute Gasteiger partial charge is 0.349 e. The van der Waals surface area contributed by atoms with Crippen LogP contribution in [0.25, 0.3) is 11.0 Å². The molecule has 1 aromatic carbocycles. The molecule has 0 bridgehead atoms. The number of nitrogens with zero attached hydrogens (tertiary/aromatic N) is 4. The molecule has 0 spiro atoms. The lowest BCUT2D eigenvalue weighted by Gasteiger charge is -1.97. The number of fused-ring (bicyclic) bond motifs is 1. The van der Waals surface area contributed by atoms with E-state index >= 15 is 0 Å². The van der Waals surface area contributed by atoms with Gasteiger partial charge in [-0.05, 0) is 6.07 Å². The summed E-state index contributed by atoms with van der Waals surface area (Å²) in [4.78, 5) is 21.4. The maximum atomic E-state index is 10.7. The topological polar surface area (TPSA) is 125 Å². The van der Waals surface area contributed by atoms with Crippen LogP contribution >= 0.6 is 0 Å². The molecule has 3 aromatic rings. The van der Waals surface area contributed by atoms with Gasteiger partial charge < -0.3 is 10.3 Å². The number of aromatic amines is 2. The van der Waals surface area contributed by atoms with Crippen molar-refractivity contribution in [3.05, 3.63) is 40.5 Å². The Balaban J connectivity index is 1.83. The first-order valence-electron chi connectivity index (χ1n) is 5.44. The minimum Gasteiger partial charge on any atom is -0.349 e. The lowest BCUT2D eigenvalue weighted by atomic mass is 10.3. The van der Waals surface area contributed by atoms with Gasteiger partial charge in [-0.15, -0.1) is 0 Å². The molecular weight excluding hydrogens is 250 g/mol. The normalized spacial score (nSPS) is 10.7. The standard InChI is InChI=1S/C10H9N7O2/c18-17(19)6-1-2-7-8(3-6)15-10(14-7)11-4-9-12-5-13-16-9/h1-3,5H,4H2,(H2,11,14,15)(H,12,13,16). The van der Waals surface area contributed by atoms with Gasteiger partial charge in [-0.2, -0.15) is 5.10 Å². The summed E-state index contributed by atoms with van der Waals surface area (Å²) in [5.74, 6) is 1.19. The van der Waals surface area contributed by atoms with Gasteiger partial charge in [0.2, 0.25) is 5.95 Å². The highest BCUT2D eigenvalue weighted by Gasteiger charge is 2.09. The Hall–Kier alpha value is -2.97. The molecule has 0 atom stereocenters. The molecular formula is C10H9N7O2. The maximum Gasteiger partial charge on any atom is 0.271 e. The zero-order chi connectivity index (χ0) is 13.2. The summed E-state index contributed by atoms with van der Waals surface area (Å²) in [5, 5.41) is 20.1. The van der Waals surface area contributed by atoms with E-state index in [1.807, 2.05) is 0 Å². The average Bonchev–Trinajstić information content (AvgIpc) is 3.04. The molecule has 0 saturated heterocycles. The van der Waals surface area contributed by atoms with Crippen molar-refractivity contribution in [2.45, 2.75) is 6.54 Å². The second-order valence-electron chi connectivity index (χ2n) is 3.83. The Kier molecular flexibility index (Phi) is 2.56. The molecule has 9 nitrogen and oxygen atoms in total. The van der Waals surface area contributed by atoms with Crippen molar-refractivity contribution < 1.29 is 4.92 Å². The van der Waals surface area contributed by atoms with Crippen LogP contribution in [0.3, 0.4) is 0 Å². The number of benzene rings is 1. The van der Waals surface area contributed by atoms with Gasteiger partial charge in [0.05, 0.1) is 22.5 Å². The van der Waals surface area contributed by atoms with Crippen LogP contribution in [0.2, 0.25) is 0 Å². The molecule has 0 aliphatic rings. The van der Waals surface area contributed by atoms with Gasteiger partial charge >= 0.3 is 0 Å². The summed E-state index contributed by atoms with van der Waals surface area (Å²) in [6, 6.07) is 4.47. The third-order valence-corrected chi connectivity index (χ3v) is 2.56.